The summed E-state index contributed by atoms with van der Waals surface area (Å²) in [7, 11) is 1.30. The highest BCUT2D eigenvalue weighted by Gasteiger charge is 2.54. The van der Waals surface area contributed by atoms with Gasteiger partial charge < -0.3 is 15.4 Å². The Balaban J connectivity index is 2.11. The number of anilines is 1. The van der Waals surface area contributed by atoms with E-state index in [0.29, 0.717) is 6.42 Å². The largest absolute Gasteiger partial charge is 0.371 e. The number of methoxy groups -OCH3 is 1. The van der Waals surface area contributed by atoms with E-state index >= 15 is 0 Å². The fraction of sp³-hybridized carbons (Fsp3) is 0.588. The molecule has 4 nitrogen and oxygen atoms in total. The molecule has 1 aromatic rings. The number of ether oxygens (including phenoxy) is 1. The van der Waals surface area contributed by atoms with Crippen LogP contribution < -0.4 is 10.6 Å². The summed E-state index contributed by atoms with van der Waals surface area (Å²) in [6.45, 7) is -0.255. The standard InChI is InChI=1S/C17H20F4N2O2/c1-25-17(10-3-2-6-16(20,21)7-10)9-23(8-13(22)24)12-5-4-11(18)15(19)14(12)17/h4-5,10H,2-3,6-9H2,1H3,(H2,22,24)/t10-,17-/m1/s1. The first-order valence-electron chi connectivity index (χ1n) is 8.15. The van der Waals surface area contributed by atoms with Gasteiger partial charge in [0.15, 0.2) is 11.6 Å². The topological polar surface area (TPSA) is 55.6 Å². The van der Waals surface area contributed by atoms with Gasteiger partial charge in [-0.25, -0.2) is 17.6 Å². The number of hydrogen-bond acceptors (Lipinski definition) is 3. The van der Waals surface area contributed by atoms with Gasteiger partial charge in [-0.05, 0) is 30.9 Å². The number of carbonyl (C=O) groups is 1. The number of halogens is 4. The van der Waals surface area contributed by atoms with Crippen LogP contribution in [0.5, 0.6) is 0 Å². The quantitative estimate of drug-likeness (QED) is 0.840. The molecule has 2 N–H and O–H groups in total. The van der Waals surface area contributed by atoms with Gasteiger partial charge in [-0.15, -0.1) is 0 Å². The summed E-state index contributed by atoms with van der Waals surface area (Å²) in [6.07, 6.45) is -0.0263. The molecule has 1 fully saturated rings. The Hall–Kier alpha value is -1.83. The zero-order chi connectivity index (χ0) is 18.4. The van der Waals surface area contributed by atoms with Gasteiger partial charge in [0.05, 0.1) is 13.1 Å². The fourth-order valence-electron chi connectivity index (χ4n) is 4.22. The summed E-state index contributed by atoms with van der Waals surface area (Å²) in [6, 6.07) is 2.28. The molecule has 1 aliphatic carbocycles. The van der Waals surface area contributed by atoms with E-state index in [9.17, 15) is 22.4 Å². The van der Waals surface area contributed by atoms with Crippen molar-refractivity contribution in [2.75, 3.05) is 25.1 Å². The van der Waals surface area contributed by atoms with Gasteiger partial charge >= 0.3 is 0 Å². The summed E-state index contributed by atoms with van der Waals surface area (Å²) in [5.74, 6) is -6.44. The lowest BCUT2D eigenvalue weighted by Gasteiger charge is -2.41. The second kappa shape index (κ2) is 6.16. The summed E-state index contributed by atoms with van der Waals surface area (Å²) >= 11 is 0. The lowest BCUT2D eigenvalue weighted by atomic mass is 9.72. The number of rotatable bonds is 4. The maximum atomic E-state index is 14.7. The van der Waals surface area contributed by atoms with E-state index in [2.05, 4.69) is 0 Å². The van der Waals surface area contributed by atoms with Crippen molar-refractivity contribution in [3.63, 3.8) is 0 Å². The molecule has 0 unspecified atom stereocenters. The van der Waals surface area contributed by atoms with Gasteiger partial charge in [0, 0.05) is 31.2 Å². The number of fused-ring (bicyclic) bond motifs is 1. The molecule has 0 bridgehead atoms. The van der Waals surface area contributed by atoms with Crippen LogP contribution in [-0.4, -0.2) is 32.0 Å². The lowest BCUT2D eigenvalue weighted by Crippen LogP contribution is -2.47. The maximum Gasteiger partial charge on any atom is 0.248 e. The number of primary amides is 1. The molecule has 2 atom stereocenters. The molecule has 1 amide bonds. The number of nitrogens with zero attached hydrogens (tertiary/aromatic N) is 1. The van der Waals surface area contributed by atoms with Crippen LogP contribution in [0, 0.1) is 17.6 Å². The van der Waals surface area contributed by atoms with Crippen molar-refractivity contribution in [1.82, 2.24) is 0 Å². The van der Waals surface area contributed by atoms with Crippen molar-refractivity contribution in [2.45, 2.75) is 37.2 Å². The highest BCUT2D eigenvalue weighted by atomic mass is 19.3. The molecule has 0 radical (unpaired) electrons. The van der Waals surface area contributed by atoms with E-state index in [0.717, 1.165) is 6.07 Å². The number of alkyl halides is 2. The van der Waals surface area contributed by atoms with E-state index in [1.807, 2.05) is 0 Å². The molecule has 138 valence electrons. The van der Waals surface area contributed by atoms with Gasteiger partial charge in [0.25, 0.3) is 0 Å². The molecule has 3 rings (SSSR count). The lowest BCUT2D eigenvalue weighted by molar-refractivity contribution is -0.125. The zero-order valence-electron chi connectivity index (χ0n) is 13.8. The Kier molecular flexibility index (Phi) is 4.43. The Labute approximate surface area is 142 Å². The van der Waals surface area contributed by atoms with E-state index < -0.39 is 41.4 Å². The van der Waals surface area contributed by atoms with Crippen molar-refractivity contribution in [3.05, 3.63) is 29.3 Å². The van der Waals surface area contributed by atoms with Gasteiger partial charge in [-0.3, -0.25) is 4.79 Å². The number of carbonyl (C=O) groups excluding carboxylic acids is 1. The molecular weight excluding hydrogens is 340 g/mol. The molecule has 0 aromatic heterocycles. The van der Waals surface area contributed by atoms with E-state index in [-0.39, 0.29) is 37.2 Å². The number of amides is 1. The first-order valence-corrected chi connectivity index (χ1v) is 8.15. The molecule has 0 saturated heterocycles. The molecule has 1 aliphatic heterocycles. The third kappa shape index (κ3) is 2.96. The van der Waals surface area contributed by atoms with Crippen molar-refractivity contribution in [3.8, 4) is 0 Å². The minimum Gasteiger partial charge on any atom is -0.371 e. The van der Waals surface area contributed by atoms with Crippen molar-refractivity contribution in [1.29, 1.82) is 0 Å². The van der Waals surface area contributed by atoms with Crippen LogP contribution in [0.15, 0.2) is 12.1 Å². The van der Waals surface area contributed by atoms with Crippen molar-refractivity contribution >= 4 is 11.6 Å². The molecule has 0 spiro atoms. The predicted molar refractivity (Wildman–Crippen MR) is 83.4 cm³/mol. The summed E-state index contributed by atoms with van der Waals surface area (Å²) in [4.78, 5) is 12.8. The third-order valence-electron chi connectivity index (χ3n) is 5.27. The molecule has 8 heteroatoms. The predicted octanol–water partition coefficient (Wildman–Crippen LogP) is 2.94. The number of benzene rings is 1. The van der Waals surface area contributed by atoms with Gasteiger partial charge in [-0.2, -0.15) is 0 Å². The first kappa shape index (κ1) is 18.0. The van der Waals surface area contributed by atoms with E-state index in [1.54, 1.807) is 0 Å². The minimum atomic E-state index is -2.88. The van der Waals surface area contributed by atoms with E-state index in [1.165, 1.54) is 18.1 Å². The Morgan fingerprint density at radius 2 is 2.12 bits per heavy atom. The van der Waals surface area contributed by atoms with Gasteiger partial charge in [0.2, 0.25) is 11.8 Å². The summed E-state index contributed by atoms with van der Waals surface area (Å²) in [5, 5.41) is 0. The van der Waals surface area contributed by atoms with Gasteiger partial charge in [-0.1, -0.05) is 0 Å². The van der Waals surface area contributed by atoms with Crippen LogP contribution >= 0.6 is 0 Å². The van der Waals surface area contributed by atoms with Crippen molar-refractivity contribution < 1.29 is 27.1 Å². The maximum absolute atomic E-state index is 14.7. The zero-order valence-corrected chi connectivity index (χ0v) is 13.8. The number of hydrogen-bond donors (Lipinski definition) is 1. The highest BCUT2D eigenvalue weighted by molar-refractivity contribution is 5.81. The van der Waals surface area contributed by atoms with Crippen LogP contribution in [0.2, 0.25) is 0 Å². The Morgan fingerprint density at radius 3 is 2.72 bits per heavy atom. The fourth-order valence-corrected chi connectivity index (χ4v) is 4.22. The third-order valence-corrected chi connectivity index (χ3v) is 5.27. The van der Waals surface area contributed by atoms with Crippen LogP contribution in [0.1, 0.15) is 31.2 Å². The Bertz CT molecular complexity index is 697. The smallest absolute Gasteiger partial charge is 0.248 e. The van der Waals surface area contributed by atoms with Crippen LogP contribution in [0.3, 0.4) is 0 Å². The molecule has 1 aromatic carbocycles. The van der Waals surface area contributed by atoms with Crippen LogP contribution in [0.4, 0.5) is 23.2 Å². The number of nitrogens with two attached hydrogens (primary N) is 1. The average Bonchev–Trinajstić information content (AvgIpc) is 2.84. The summed E-state index contributed by atoms with van der Waals surface area (Å²) in [5.41, 5.74) is 3.96. The first-order chi connectivity index (χ1) is 11.7. The van der Waals surface area contributed by atoms with Crippen LogP contribution in [0.25, 0.3) is 0 Å². The monoisotopic (exact) mass is 360 g/mol. The normalized spacial score (nSPS) is 28.0. The molecule has 2 aliphatic rings. The molecule has 25 heavy (non-hydrogen) atoms. The highest BCUT2D eigenvalue weighted by Crippen LogP contribution is 2.53. The van der Waals surface area contributed by atoms with Crippen molar-refractivity contribution in [2.24, 2.45) is 11.7 Å². The second-order valence-corrected chi connectivity index (χ2v) is 6.82. The minimum absolute atomic E-state index is 0.0249. The van der Waals surface area contributed by atoms with E-state index in [4.69, 9.17) is 10.5 Å². The molecule has 1 heterocycles. The van der Waals surface area contributed by atoms with Crippen LogP contribution in [-0.2, 0) is 15.1 Å². The second-order valence-electron chi connectivity index (χ2n) is 6.82. The average molecular weight is 360 g/mol. The SMILES string of the molecule is CO[C@@]1([C@@H]2CCCC(F)(F)C2)CN(CC(N)=O)c2ccc(F)c(F)c21. The summed E-state index contributed by atoms with van der Waals surface area (Å²) < 4.78 is 62.0. The molecular formula is C17H20F4N2O2. The van der Waals surface area contributed by atoms with Gasteiger partial charge in [0.1, 0.15) is 5.60 Å². The molecule has 1 saturated carbocycles. The Morgan fingerprint density at radius 1 is 1.40 bits per heavy atom.